The zero-order chi connectivity index (χ0) is 22.5. The second-order valence-corrected chi connectivity index (χ2v) is 9.25. The fraction of sp³-hybridized carbons (Fsp3) is 0.333. The maximum atomic E-state index is 13.8. The van der Waals surface area contributed by atoms with Gasteiger partial charge in [-0.05, 0) is 49.1 Å². The van der Waals surface area contributed by atoms with E-state index >= 15 is 0 Å². The molecule has 1 aliphatic carbocycles. The van der Waals surface area contributed by atoms with Gasteiger partial charge in [-0.1, -0.05) is 36.5 Å². The maximum Gasteiger partial charge on any atom is 0.329 e. The summed E-state index contributed by atoms with van der Waals surface area (Å²) in [5.41, 5.74) is 3.21. The number of nitrogens with one attached hydrogen (secondary N) is 1. The van der Waals surface area contributed by atoms with Crippen molar-refractivity contribution in [1.29, 1.82) is 0 Å². The number of H-pyrrole nitrogens is 1. The summed E-state index contributed by atoms with van der Waals surface area (Å²) >= 11 is 5.98. The molecule has 0 radical (unpaired) electrons. The number of halogens is 1. The van der Waals surface area contributed by atoms with Gasteiger partial charge < -0.3 is 9.51 Å². The number of aromatic nitrogens is 6. The van der Waals surface area contributed by atoms with Gasteiger partial charge in [0.2, 0.25) is 11.7 Å². The van der Waals surface area contributed by atoms with Crippen molar-refractivity contribution < 1.29 is 4.52 Å². The Morgan fingerprint density at radius 2 is 2.00 bits per heavy atom. The molecule has 1 fully saturated rings. The Bertz CT molecular complexity index is 1510. The topological polar surface area (TPSA) is 94.5 Å². The first-order chi connectivity index (χ1) is 16.1. The minimum absolute atomic E-state index is 0.0644. The maximum absolute atomic E-state index is 13.8. The van der Waals surface area contributed by atoms with Gasteiger partial charge in [0.1, 0.15) is 12.2 Å². The summed E-state index contributed by atoms with van der Waals surface area (Å²) in [5.74, 6) is 1.26. The molecule has 6 rings (SSSR count). The highest BCUT2D eigenvalue weighted by molar-refractivity contribution is 6.30. The van der Waals surface area contributed by atoms with Crippen LogP contribution < -0.4 is 5.69 Å². The third-order valence-electron chi connectivity index (χ3n) is 6.77. The zero-order valence-corrected chi connectivity index (χ0v) is 18.9. The fourth-order valence-corrected chi connectivity index (χ4v) is 5.20. The van der Waals surface area contributed by atoms with Gasteiger partial charge in [-0.3, -0.25) is 9.13 Å². The van der Waals surface area contributed by atoms with Crippen LogP contribution in [0.4, 0.5) is 0 Å². The van der Waals surface area contributed by atoms with Gasteiger partial charge >= 0.3 is 5.69 Å². The van der Waals surface area contributed by atoms with Crippen molar-refractivity contribution in [3.63, 3.8) is 0 Å². The van der Waals surface area contributed by atoms with Crippen LogP contribution in [0, 0.1) is 5.92 Å². The third kappa shape index (κ3) is 3.36. The van der Waals surface area contributed by atoms with Crippen LogP contribution in [0.5, 0.6) is 0 Å². The lowest BCUT2D eigenvalue weighted by molar-refractivity contribution is 0.256. The van der Waals surface area contributed by atoms with Crippen LogP contribution in [0.2, 0.25) is 5.02 Å². The Morgan fingerprint density at radius 1 is 1.18 bits per heavy atom. The van der Waals surface area contributed by atoms with Crippen LogP contribution in [-0.2, 0) is 6.54 Å². The normalized spacial score (nSPS) is 19.0. The summed E-state index contributed by atoms with van der Waals surface area (Å²) in [5, 5.41) is 5.69. The number of nitrogens with zero attached hydrogens (tertiary/aromatic N) is 5. The highest BCUT2D eigenvalue weighted by Gasteiger charge is 2.29. The number of aromatic amines is 1. The first kappa shape index (κ1) is 20.2. The molecule has 0 aliphatic heterocycles. The average molecular weight is 463 g/mol. The van der Waals surface area contributed by atoms with Gasteiger partial charge in [0.05, 0.1) is 17.2 Å². The van der Waals surface area contributed by atoms with Gasteiger partial charge in [0.25, 0.3) is 0 Å². The second-order valence-electron chi connectivity index (χ2n) is 8.82. The van der Waals surface area contributed by atoms with Crippen LogP contribution in [0.1, 0.15) is 44.5 Å². The number of fused-ring (bicyclic) bond motifs is 3. The predicted molar refractivity (Wildman–Crippen MR) is 126 cm³/mol. The lowest BCUT2D eigenvalue weighted by Crippen LogP contribution is -2.32. The second kappa shape index (κ2) is 7.88. The van der Waals surface area contributed by atoms with Crippen LogP contribution in [0.15, 0.2) is 52.0 Å². The van der Waals surface area contributed by atoms with Crippen molar-refractivity contribution >= 4 is 33.7 Å². The Hall–Kier alpha value is -3.39. The molecule has 0 saturated heterocycles. The van der Waals surface area contributed by atoms with Crippen LogP contribution in [0.25, 0.3) is 33.5 Å². The number of hydrogen-bond acceptors (Lipinski definition) is 5. The number of hydrogen-bond donors (Lipinski definition) is 1. The molecule has 5 aromatic rings. The minimum atomic E-state index is -0.0644. The van der Waals surface area contributed by atoms with Gasteiger partial charge in [-0.2, -0.15) is 4.98 Å². The van der Waals surface area contributed by atoms with E-state index in [1.807, 2.05) is 29.0 Å². The zero-order valence-electron chi connectivity index (χ0n) is 18.2. The molecule has 1 aromatic carbocycles. The van der Waals surface area contributed by atoms with Crippen molar-refractivity contribution in [3.05, 3.63) is 64.1 Å². The molecule has 1 N–H and O–H groups in total. The predicted octanol–water partition coefficient (Wildman–Crippen LogP) is 5.18. The fourth-order valence-electron chi connectivity index (χ4n) is 5.07. The standard InChI is InChI=1S/C24H23ClN6O2/c1-14-4-2-3-5-18(14)31-21-17-10-11-26-23(17)27-12-19(21)30(24(31)32)13-20-28-22(29-33-20)15-6-8-16(25)9-7-15/h6-12,14,18H,2-5,13H2,1H3,(H,26,27)/t14-,18+/m1/s1. The van der Waals surface area contributed by atoms with E-state index in [0.29, 0.717) is 22.7 Å². The number of rotatable bonds is 4. The smallest absolute Gasteiger partial charge is 0.329 e. The molecule has 33 heavy (non-hydrogen) atoms. The van der Waals surface area contributed by atoms with E-state index in [4.69, 9.17) is 16.1 Å². The first-order valence-electron chi connectivity index (χ1n) is 11.3. The third-order valence-corrected chi connectivity index (χ3v) is 7.02. The molecule has 1 aliphatic rings. The van der Waals surface area contributed by atoms with Gasteiger partial charge in [0, 0.05) is 28.2 Å². The molecular formula is C24H23ClN6O2. The Kier molecular flexibility index (Phi) is 4.83. The van der Waals surface area contributed by atoms with Crippen LogP contribution in [-0.4, -0.2) is 29.2 Å². The number of pyridine rings is 1. The molecule has 0 unspecified atom stereocenters. The van der Waals surface area contributed by atoms with Crippen molar-refractivity contribution in [1.82, 2.24) is 29.2 Å². The monoisotopic (exact) mass is 462 g/mol. The van der Waals surface area contributed by atoms with Crippen LogP contribution >= 0.6 is 11.6 Å². The Labute approximate surface area is 194 Å². The highest BCUT2D eigenvalue weighted by atomic mass is 35.5. The van der Waals surface area contributed by atoms with E-state index in [1.54, 1.807) is 22.9 Å². The summed E-state index contributed by atoms with van der Waals surface area (Å²) in [6, 6.07) is 9.39. The molecule has 4 aromatic heterocycles. The van der Waals surface area contributed by atoms with Gasteiger partial charge in [-0.15, -0.1) is 0 Å². The molecule has 0 spiro atoms. The molecular weight excluding hydrogens is 440 g/mol. The molecule has 0 bridgehead atoms. The molecule has 4 heterocycles. The van der Waals surface area contributed by atoms with E-state index in [2.05, 4.69) is 27.0 Å². The van der Waals surface area contributed by atoms with Crippen LogP contribution in [0.3, 0.4) is 0 Å². The van der Waals surface area contributed by atoms with Gasteiger partial charge in [-0.25, -0.2) is 9.78 Å². The molecule has 8 nitrogen and oxygen atoms in total. The molecule has 9 heteroatoms. The molecule has 168 valence electrons. The van der Waals surface area contributed by atoms with E-state index in [9.17, 15) is 4.79 Å². The van der Waals surface area contributed by atoms with Gasteiger partial charge in [0.15, 0.2) is 0 Å². The molecule has 1 saturated carbocycles. The average Bonchev–Trinajstić information content (AvgIpc) is 3.54. The van der Waals surface area contributed by atoms with Crippen molar-refractivity contribution in [3.8, 4) is 11.4 Å². The molecule has 0 amide bonds. The summed E-state index contributed by atoms with van der Waals surface area (Å²) < 4.78 is 9.20. The van der Waals surface area contributed by atoms with E-state index in [0.717, 1.165) is 46.9 Å². The SMILES string of the molecule is C[C@@H]1CCCC[C@@H]1n1c(=O)n(Cc2nc(-c3ccc(Cl)cc3)no2)c2cnc3[nH]ccc3c21. The highest BCUT2D eigenvalue weighted by Crippen LogP contribution is 2.36. The summed E-state index contributed by atoms with van der Waals surface area (Å²) in [4.78, 5) is 26.0. The summed E-state index contributed by atoms with van der Waals surface area (Å²) in [7, 11) is 0. The minimum Gasteiger partial charge on any atom is -0.346 e. The van der Waals surface area contributed by atoms with Crippen molar-refractivity contribution in [2.45, 2.75) is 45.2 Å². The van der Waals surface area contributed by atoms with E-state index in [1.165, 1.54) is 6.42 Å². The Balaban J connectivity index is 1.47. The number of imidazole rings is 1. The van der Waals surface area contributed by atoms with Crippen molar-refractivity contribution in [2.24, 2.45) is 5.92 Å². The lowest BCUT2D eigenvalue weighted by Gasteiger charge is -2.29. The quantitative estimate of drug-likeness (QED) is 0.397. The Morgan fingerprint density at radius 3 is 2.82 bits per heavy atom. The number of benzene rings is 1. The summed E-state index contributed by atoms with van der Waals surface area (Å²) in [6.45, 7) is 2.42. The molecule has 2 atom stereocenters. The first-order valence-corrected chi connectivity index (χ1v) is 11.6. The summed E-state index contributed by atoms with van der Waals surface area (Å²) in [6.07, 6.45) is 8.08. The van der Waals surface area contributed by atoms with E-state index in [-0.39, 0.29) is 18.3 Å². The largest absolute Gasteiger partial charge is 0.346 e. The van der Waals surface area contributed by atoms with E-state index < -0.39 is 0 Å². The lowest BCUT2D eigenvalue weighted by atomic mass is 9.85. The van der Waals surface area contributed by atoms with Crippen molar-refractivity contribution in [2.75, 3.05) is 0 Å².